The number of fused-ring (bicyclic) bond motifs is 1. The topological polar surface area (TPSA) is 55.6 Å². The number of carbonyl (C=O) groups is 1. The van der Waals surface area contributed by atoms with E-state index in [1.54, 1.807) is 0 Å². The van der Waals surface area contributed by atoms with Gasteiger partial charge in [-0.2, -0.15) is 0 Å². The molecule has 0 aliphatic rings. The number of hydrogen-bond donors (Lipinski definition) is 1. The molecule has 21 heavy (non-hydrogen) atoms. The molecule has 0 aliphatic carbocycles. The molecule has 5 heteroatoms. The summed E-state index contributed by atoms with van der Waals surface area (Å²) in [6.07, 6.45) is 4.03. The van der Waals surface area contributed by atoms with Gasteiger partial charge >= 0.3 is 0 Å². The van der Waals surface area contributed by atoms with Gasteiger partial charge in [0.1, 0.15) is 5.65 Å². The second-order valence-electron chi connectivity index (χ2n) is 4.97. The standard InChI is InChI=1S/C16H23N3O2/c1-3-21-12-6-10-17-16(20)9-8-14-13(2)18-15-7-4-5-11-19(14)15/h4-5,7,11H,3,6,8-10,12H2,1-2H3,(H,17,20). The Bertz CT molecular complexity index is 592. The van der Waals surface area contributed by atoms with Gasteiger partial charge in [0, 0.05) is 38.1 Å². The summed E-state index contributed by atoms with van der Waals surface area (Å²) >= 11 is 0. The number of nitrogens with one attached hydrogen (secondary N) is 1. The minimum Gasteiger partial charge on any atom is -0.382 e. The van der Waals surface area contributed by atoms with E-state index in [1.807, 2.05) is 38.2 Å². The Kier molecular flexibility index (Phi) is 5.75. The van der Waals surface area contributed by atoms with Crippen molar-refractivity contribution in [1.29, 1.82) is 0 Å². The molecule has 2 aromatic heterocycles. The van der Waals surface area contributed by atoms with Gasteiger partial charge in [-0.15, -0.1) is 0 Å². The third kappa shape index (κ3) is 4.29. The van der Waals surface area contributed by atoms with Crippen LogP contribution in [-0.2, 0) is 16.0 Å². The van der Waals surface area contributed by atoms with Crippen LogP contribution in [0.1, 0.15) is 31.2 Å². The Morgan fingerprint density at radius 2 is 2.29 bits per heavy atom. The molecule has 0 radical (unpaired) electrons. The summed E-state index contributed by atoms with van der Waals surface area (Å²) in [5.41, 5.74) is 3.03. The monoisotopic (exact) mass is 289 g/mol. The lowest BCUT2D eigenvalue weighted by atomic mass is 10.2. The van der Waals surface area contributed by atoms with E-state index < -0.39 is 0 Å². The van der Waals surface area contributed by atoms with E-state index in [2.05, 4.69) is 14.7 Å². The summed E-state index contributed by atoms with van der Waals surface area (Å²) in [6.45, 7) is 6.05. The minimum absolute atomic E-state index is 0.0804. The molecule has 0 aromatic carbocycles. The van der Waals surface area contributed by atoms with E-state index in [9.17, 15) is 4.79 Å². The Morgan fingerprint density at radius 1 is 1.43 bits per heavy atom. The second-order valence-corrected chi connectivity index (χ2v) is 4.97. The van der Waals surface area contributed by atoms with Crippen LogP contribution in [-0.4, -0.2) is 35.1 Å². The first-order chi connectivity index (χ1) is 10.2. The van der Waals surface area contributed by atoms with Crippen molar-refractivity contribution in [2.75, 3.05) is 19.8 Å². The van der Waals surface area contributed by atoms with Gasteiger partial charge < -0.3 is 14.5 Å². The lowest BCUT2D eigenvalue weighted by Gasteiger charge is -2.06. The molecule has 114 valence electrons. The summed E-state index contributed by atoms with van der Waals surface area (Å²) in [7, 11) is 0. The number of ether oxygens (including phenoxy) is 1. The number of imidazole rings is 1. The predicted octanol–water partition coefficient (Wildman–Crippen LogP) is 2.12. The Labute approximate surface area is 125 Å². The number of hydrogen-bond acceptors (Lipinski definition) is 3. The van der Waals surface area contributed by atoms with Crippen molar-refractivity contribution in [2.45, 2.75) is 33.1 Å². The van der Waals surface area contributed by atoms with Crippen LogP contribution in [0.5, 0.6) is 0 Å². The van der Waals surface area contributed by atoms with E-state index in [1.165, 1.54) is 0 Å². The quantitative estimate of drug-likeness (QED) is 0.757. The number of pyridine rings is 1. The number of carbonyl (C=O) groups excluding carboxylic acids is 1. The molecule has 0 spiro atoms. The zero-order valence-corrected chi connectivity index (χ0v) is 12.8. The number of rotatable bonds is 8. The molecule has 0 bridgehead atoms. The molecule has 0 saturated carbocycles. The molecular formula is C16H23N3O2. The zero-order valence-electron chi connectivity index (χ0n) is 12.8. The normalized spacial score (nSPS) is 11.0. The smallest absolute Gasteiger partial charge is 0.220 e. The van der Waals surface area contributed by atoms with Crippen LogP contribution in [0.2, 0.25) is 0 Å². The first kappa shape index (κ1) is 15.5. The molecule has 0 saturated heterocycles. The third-order valence-corrected chi connectivity index (χ3v) is 3.41. The van der Waals surface area contributed by atoms with E-state index in [4.69, 9.17) is 4.74 Å². The van der Waals surface area contributed by atoms with Crippen molar-refractivity contribution in [3.05, 3.63) is 35.8 Å². The summed E-state index contributed by atoms with van der Waals surface area (Å²) in [6, 6.07) is 5.92. The lowest BCUT2D eigenvalue weighted by Crippen LogP contribution is -2.25. The van der Waals surface area contributed by atoms with E-state index in [0.717, 1.165) is 30.1 Å². The van der Waals surface area contributed by atoms with Crippen LogP contribution < -0.4 is 5.32 Å². The number of nitrogens with zero attached hydrogens (tertiary/aromatic N) is 2. The molecule has 2 rings (SSSR count). The van der Waals surface area contributed by atoms with Crippen molar-refractivity contribution in [3.8, 4) is 0 Å². The van der Waals surface area contributed by atoms with Crippen molar-refractivity contribution >= 4 is 11.6 Å². The summed E-state index contributed by atoms with van der Waals surface area (Å²) in [5, 5.41) is 2.92. The Balaban J connectivity index is 1.81. The van der Waals surface area contributed by atoms with Crippen molar-refractivity contribution in [2.24, 2.45) is 0 Å². The summed E-state index contributed by atoms with van der Waals surface area (Å²) in [5.74, 6) is 0.0804. The maximum Gasteiger partial charge on any atom is 0.220 e. The molecule has 0 aliphatic heterocycles. The molecule has 0 fully saturated rings. The van der Waals surface area contributed by atoms with Crippen molar-refractivity contribution < 1.29 is 9.53 Å². The van der Waals surface area contributed by atoms with E-state index >= 15 is 0 Å². The fourth-order valence-electron chi connectivity index (χ4n) is 2.33. The van der Waals surface area contributed by atoms with Gasteiger partial charge in [-0.3, -0.25) is 4.79 Å². The van der Waals surface area contributed by atoms with Crippen LogP contribution in [0.15, 0.2) is 24.4 Å². The van der Waals surface area contributed by atoms with Crippen LogP contribution >= 0.6 is 0 Å². The highest BCUT2D eigenvalue weighted by atomic mass is 16.5. The highest BCUT2D eigenvalue weighted by Crippen LogP contribution is 2.13. The SMILES string of the molecule is CCOCCCNC(=O)CCc1c(C)nc2ccccn12. The highest BCUT2D eigenvalue weighted by Gasteiger charge is 2.10. The maximum atomic E-state index is 11.8. The van der Waals surface area contributed by atoms with Gasteiger partial charge in [-0.25, -0.2) is 4.98 Å². The highest BCUT2D eigenvalue weighted by molar-refractivity contribution is 5.76. The van der Waals surface area contributed by atoms with Gasteiger partial charge in [-0.1, -0.05) is 6.07 Å². The Morgan fingerprint density at radius 3 is 3.10 bits per heavy atom. The molecule has 5 nitrogen and oxygen atoms in total. The predicted molar refractivity (Wildman–Crippen MR) is 82.4 cm³/mol. The number of amides is 1. The van der Waals surface area contributed by atoms with Crippen molar-refractivity contribution in [1.82, 2.24) is 14.7 Å². The van der Waals surface area contributed by atoms with Gasteiger partial charge in [0.15, 0.2) is 0 Å². The van der Waals surface area contributed by atoms with Crippen LogP contribution in [0.3, 0.4) is 0 Å². The molecule has 1 amide bonds. The molecule has 0 unspecified atom stereocenters. The van der Waals surface area contributed by atoms with E-state index in [-0.39, 0.29) is 5.91 Å². The number of aryl methyl sites for hydroxylation is 2. The van der Waals surface area contributed by atoms with Crippen molar-refractivity contribution in [3.63, 3.8) is 0 Å². The largest absolute Gasteiger partial charge is 0.382 e. The second kappa shape index (κ2) is 7.78. The van der Waals surface area contributed by atoms with Crippen LogP contribution in [0, 0.1) is 6.92 Å². The molecule has 2 heterocycles. The van der Waals surface area contributed by atoms with E-state index in [0.29, 0.717) is 26.0 Å². The Hall–Kier alpha value is -1.88. The number of aromatic nitrogens is 2. The fourth-order valence-corrected chi connectivity index (χ4v) is 2.33. The average Bonchev–Trinajstić information content (AvgIpc) is 2.80. The van der Waals surface area contributed by atoms with Crippen LogP contribution in [0.25, 0.3) is 5.65 Å². The zero-order chi connectivity index (χ0) is 15.1. The third-order valence-electron chi connectivity index (χ3n) is 3.41. The lowest BCUT2D eigenvalue weighted by molar-refractivity contribution is -0.121. The molecule has 0 atom stereocenters. The first-order valence-corrected chi connectivity index (χ1v) is 7.49. The van der Waals surface area contributed by atoms with Gasteiger partial charge in [0.2, 0.25) is 5.91 Å². The molecule has 2 aromatic rings. The molecule has 1 N–H and O–H groups in total. The summed E-state index contributed by atoms with van der Waals surface area (Å²) in [4.78, 5) is 16.3. The average molecular weight is 289 g/mol. The first-order valence-electron chi connectivity index (χ1n) is 7.49. The minimum atomic E-state index is 0.0804. The van der Waals surface area contributed by atoms with Gasteiger partial charge in [0.05, 0.1) is 5.69 Å². The fraction of sp³-hybridized carbons (Fsp3) is 0.500. The van der Waals surface area contributed by atoms with Gasteiger partial charge in [0.25, 0.3) is 0 Å². The van der Waals surface area contributed by atoms with Crippen LogP contribution in [0.4, 0.5) is 0 Å². The summed E-state index contributed by atoms with van der Waals surface area (Å²) < 4.78 is 7.29. The molecular weight excluding hydrogens is 266 g/mol. The van der Waals surface area contributed by atoms with Gasteiger partial charge in [-0.05, 0) is 38.8 Å². The maximum absolute atomic E-state index is 11.8.